The summed E-state index contributed by atoms with van der Waals surface area (Å²) in [6, 6.07) is 4.56. The number of benzene rings is 1. The molecule has 1 rings (SSSR count). The number of aliphatic carboxylic acids is 1. The van der Waals surface area contributed by atoms with Crippen molar-refractivity contribution in [3.63, 3.8) is 0 Å². The monoisotopic (exact) mass is 224 g/mol. The molecule has 16 heavy (non-hydrogen) atoms. The van der Waals surface area contributed by atoms with Gasteiger partial charge >= 0.3 is 5.97 Å². The molecule has 0 heterocycles. The van der Waals surface area contributed by atoms with Gasteiger partial charge in [-0.05, 0) is 30.0 Å². The first-order chi connectivity index (χ1) is 7.63. The average molecular weight is 224 g/mol. The highest BCUT2D eigenvalue weighted by molar-refractivity contribution is 5.70. The van der Waals surface area contributed by atoms with Gasteiger partial charge in [0, 0.05) is 0 Å². The third-order valence-corrected chi connectivity index (χ3v) is 2.52. The van der Waals surface area contributed by atoms with E-state index in [4.69, 9.17) is 5.11 Å². The molecule has 0 saturated heterocycles. The topological polar surface area (TPSA) is 37.3 Å². The molecule has 3 heteroatoms. The fraction of sp³-hybridized carbons (Fsp3) is 0.462. The molecule has 0 saturated carbocycles. The van der Waals surface area contributed by atoms with Gasteiger partial charge in [0.25, 0.3) is 0 Å². The van der Waals surface area contributed by atoms with E-state index in [-0.39, 0.29) is 12.2 Å². The van der Waals surface area contributed by atoms with Gasteiger partial charge < -0.3 is 5.11 Å². The van der Waals surface area contributed by atoms with Crippen LogP contribution in [0.3, 0.4) is 0 Å². The maximum absolute atomic E-state index is 13.4. The SMILES string of the molecule is CCCCCc1cc(CC(=O)O)ccc1F. The maximum atomic E-state index is 13.4. The highest BCUT2D eigenvalue weighted by Gasteiger charge is 2.06. The average Bonchev–Trinajstić information content (AvgIpc) is 2.22. The lowest BCUT2D eigenvalue weighted by Gasteiger charge is -2.05. The second kappa shape index (κ2) is 6.26. The number of aryl methyl sites for hydroxylation is 1. The minimum absolute atomic E-state index is 0.0406. The lowest BCUT2D eigenvalue weighted by Crippen LogP contribution is -2.01. The molecule has 1 aromatic carbocycles. The van der Waals surface area contributed by atoms with Crippen LogP contribution in [-0.2, 0) is 17.6 Å². The van der Waals surface area contributed by atoms with Gasteiger partial charge in [0.05, 0.1) is 6.42 Å². The first-order valence-corrected chi connectivity index (χ1v) is 5.62. The van der Waals surface area contributed by atoms with Crippen LogP contribution in [0.15, 0.2) is 18.2 Å². The van der Waals surface area contributed by atoms with Crippen molar-refractivity contribution in [1.29, 1.82) is 0 Å². The Kier molecular flexibility index (Phi) is 4.96. The van der Waals surface area contributed by atoms with Crippen LogP contribution in [0.1, 0.15) is 37.3 Å². The van der Waals surface area contributed by atoms with Crippen molar-refractivity contribution in [3.05, 3.63) is 35.1 Å². The Balaban J connectivity index is 2.70. The van der Waals surface area contributed by atoms with Gasteiger partial charge in [-0.2, -0.15) is 0 Å². The van der Waals surface area contributed by atoms with Crippen LogP contribution in [0, 0.1) is 5.82 Å². The summed E-state index contributed by atoms with van der Waals surface area (Å²) in [6.07, 6.45) is 3.76. The Hall–Kier alpha value is -1.38. The number of hydrogen-bond donors (Lipinski definition) is 1. The molecule has 0 radical (unpaired) electrons. The van der Waals surface area contributed by atoms with E-state index < -0.39 is 5.97 Å². The predicted molar refractivity (Wildman–Crippen MR) is 61.0 cm³/mol. The van der Waals surface area contributed by atoms with Crippen LogP contribution < -0.4 is 0 Å². The minimum Gasteiger partial charge on any atom is -0.481 e. The second-order valence-electron chi connectivity index (χ2n) is 3.95. The van der Waals surface area contributed by atoms with E-state index in [1.807, 2.05) is 0 Å². The zero-order valence-corrected chi connectivity index (χ0v) is 9.50. The van der Waals surface area contributed by atoms with Gasteiger partial charge in [0.1, 0.15) is 5.82 Å². The van der Waals surface area contributed by atoms with E-state index in [9.17, 15) is 9.18 Å². The van der Waals surface area contributed by atoms with Crippen molar-refractivity contribution in [1.82, 2.24) is 0 Å². The molecule has 1 N–H and O–H groups in total. The number of unbranched alkanes of at least 4 members (excludes halogenated alkanes) is 2. The van der Waals surface area contributed by atoms with Crippen molar-refractivity contribution in [2.75, 3.05) is 0 Å². The summed E-state index contributed by atoms with van der Waals surface area (Å²) in [7, 11) is 0. The van der Waals surface area contributed by atoms with Crippen LogP contribution in [0.25, 0.3) is 0 Å². The quantitative estimate of drug-likeness (QED) is 0.753. The molecule has 0 atom stereocenters. The molecule has 1 aromatic rings. The Morgan fingerprint density at radius 1 is 1.38 bits per heavy atom. The lowest BCUT2D eigenvalue weighted by atomic mass is 10.0. The summed E-state index contributed by atoms with van der Waals surface area (Å²) in [6.45, 7) is 2.09. The van der Waals surface area contributed by atoms with Crippen LogP contribution >= 0.6 is 0 Å². The van der Waals surface area contributed by atoms with Crippen molar-refractivity contribution < 1.29 is 14.3 Å². The summed E-state index contributed by atoms with van der Waals surface area (Å²) in [5.74, 6) is -1.11. The Morgan fingerprint density at radius 3 is 2.75 bits per heavy atom. The third-order valence-electron chi connectivity index (χ3n) is 2.52. The summed E-state index contributed by atoms with van der Waals surface area (Å²) in [5.41, 5.74) is 1.30. The lowest BCUT2D eigenvalue weighted by molar-refractivity contribution is -0.136. The number of rotatable bonds is 6. The number of carboxylic acid groups (broad SMARTS) is 1. The number of carboxylic acids is 1. The Labute approximate surface area is 95.1 Å². The van der Waals surface area contributed by atoms with Gasteiger partial charge in [-0.3, -0.25) is 4.79 Å². The van der Waals surface area contributed by atoms with Crippen molar-refractivity contribution in [2.45, 2.75) is 39.0 Å². The molecule has 0 amide bonds. The number of halogens is 1. The Bertz CT molecular complexity index is 361. The molecule has 0 bridgehead atoms. The first-order valence-electron chi connectivity index (χ1n) is 5.62. The fourth-order valence-corrected chi connectivity index (χ4v) is 1.67. The van der Waals surface area contributed by atoms with E-state index in [1.54, 1.807) is 6.07 Å². The van der Waals surface area contributed by atoms with E-state index in [0.717, 1.165) is 19.3 Å². The molecule has 0 spiro atoms. The molecular formula is C13H17FO2. The van der Waals surface area contributed by atoms with Crippen molar-refractivity contribution >= 4 is 5.97 Å². The number of carbonyl (C=O) groups is 1. The van der Waals surface area contributed by atoms with E-state index in [2.05, 4.69) is 6.92 Å². The highest BCUT2D eigenvalue weighted by atomic mass is 19.1. The largest absolute Gasteiger partial charge is 0.481 e. The summed E-state index contributed by atoms with van der Waals surface area (Å²) in [4.78, 5) is 10.5. The maximum Gasteiger partial charge on any atom is 0.307 e. The molecule has 0 unspecified atom stereocenters. The Morgan fingerprint density at radius 2 is 2.12 bits per heavy atom. The van der Waals surface area contributed by atoms with Gasteiger partial charge in [-0.1, -0.05) is 31.9 Å². The highest BCUT2D eigenvalue weighted by Crippen LogP contribution is 2.14. The second-order valence-corrected chi connectivity index (χ2v) is 3.95. The fourth-order valence-electron chi connectivity index (χ4n) is 1.67. The van der Waals surface area contributed by atoms with Gasteiger partial charge in [0.2, 0.25) is 0 Å². The molecule has 0 aliphatic carbocycles. The van der Waals surface area contributed by atoms with E-state index in [0.29, 0.717) is 17.5 Å². The predicted octanol–water partition coefficient (Wildman–Crippen LogP) is 3.19. The minimum atomic E-state index is -0.883. The summed E-state index contributed by atoms with van der Waals surface area (Å²) < 4.78 is 13.4. The molecule has 88 valence electrons. The third kappa shape index (κ3) is 4.01. The zero-order valence-electron chi connectivity index (χ0n) is 9.50. The first kappa shape index (κ1) is 12.7. The van der Waals surface area contributed by atoms with Gasteiger partial charge in [-0.25, -0.2) is 4.39 Å². The molecule has 0 aliphatic heterocycles. The van der Waals surface area contributed by atoms with Crippen LogP contribution in [0.2, 0.25) is 0 Å². The van der Waals surface area contributed by atoms with Crippen LogP contribution in [0.4, 0.5) is 4.39 Å². The van der Waals surface area contributed by atoms with Gasteiger partial charge in [-0.15, -0.1) is 0 Å². The molecular weight excluding hydrogens is 207 g/mol. The van der Waals surface area contributed by atoms with Gasteiger partial charge in [0.15, 0.2) is 0 Å². The normalized spacial score (nSPS) is 10.4. The molecule has 0 fully saturated rings. The smallest absolute Gasteiger partial charge is 0.307 e. The molecule has 0 aliphatic rings. The summed E-state index contributed by atoms with van der Waals surface area (Å²) in [5, 5.41) is 8.65. The van der Waals surface area contributed by atoms with Crippen molar-refractivity contribution in [2.24, 2.45) is 0 Å². The molecule has 0 aromatic heterocycles. The number of hydrogen-bond acceptors (Lipinski definition) is 1. The van der Waals surface area contributed by atoms with E-state index >= 15 is 0 Å². The zero-order chi connectivity index (χ0) is 12.0. The molecule has 2 nitrogen and oxygen atoms in total. The van der Waals surface area contributed by atoms with Crippen LogP contribution in [0.5, 0.6) is 0 Å². The summed E-state index contributed by atoms with van der Waals surface area (Å²) >= 11 is 0. The standard InChI is InChI=1S/C13H17FO2/c1-2-3-4-5-11-8-10(9-13(15)16)6-7-12(11)14/h6-8H,2-5,9H2,1H3,(H,15,16). The van der Waals surface area contributed by atoms with E-state index in [1.165, 1.54) is 12.1 Å². The van der Waals surface area contributed by atoms with Crippen molar-refractivity contribution in [3.8, 4) is 0 Å². The van der Waals surface area contributed by atoms with Crippen LogP contribution in [-0.4, -0.2) is 11.1 Å².